The molecule has 0 radical (unpaired) electrons. The van der Waals surface area contributed by atoms with Crippen LogP contribution in [0.25, 0.3) is 5.70 Å². The lowest BCUT2D eigenvalue weighted by molar-refractivity contribution is -0.137. The summed E-state index contributed by atoms with van der Waals surface area (Å²) in [6, 6.07) is 5.28. The molecule has 1 atom stereocenters. The van der Waals surface area contributed by atoms with Gasteiger partial charge in [0.1, 0.15) is 0 Å². The second-order valence-corrected chi connectivity index (χ2v) is 7.65. The lowest BCUT2D eigenvalue weighted by atomic mass is 9.83. The zero-order valence-electron chi connectivity index (χ0n) is 16.5. The fourth-order valence-corrected chi connectivity index (χ4v) is 4.37. The second kappa shape index (κ2) is 7.56. The van der Waals surface area contributed by atoms with Crippen LogP contribution in [0.5, 0.6) is 0 Å². The first-order valence-electron chi connectivity index (χ1n) is 9.34. The van der Waals surface area contributed by atoms with Crippen molar-refractivity contribution in [3.63, 3.8) is 0 Å². The molecule has 154 valence electrons. The van der Waals surface area contributed by atoms with Crippen LogP contribution in [0.15, 0.2) is 42.5 Å². The molecule has 1 unspecified atom stereocenters. The van der Waals surface area contributed by atoms with Gasteiger partial charge in [-0.1, -0.05) is 13.8 Å². The number of nitrogens with zero attached hydrogens (tertiary/aromatic N) is 4. The summed E-state index contributed by atoms with van der Waals surface area (Å²) in [4.78, 5) is 6.00. The quantitative estimate of drug-likeness (QED) is 0.807. The maximum atomic E-state index is 13.5. The first-order valence-corrected chi connectivity index (χ1v) is 9.34. The smallest absolute Gasteiger partial charge is 0.392 e. The number of rotatable bonds is 5. The van der Waals surface area contributed by atoms with E-state index in [-0.39, 0.29) is 12.6 Å². The molecular weight excluding hydrogens is 381 g/mol. The van der Waals surface area contributed by atoms with E-state index in [4.69, 9.17) is 5.26 Å². The molecule has 2 aromatic rings. The van der Waals surface area contributed by atoms with Crippen molar-refractivity contribution < 1.29 is 18.3 Å². The summed E-state index contributed by atoms with van der Waals surface area (Å²) >= 11 is 0. The van der Waals surface area contributed by atoms with Gasteiger partial charge in [-0.25, -0.2) is 4.98 Å². The van der Waals surface area contributed by atoms with Crippen LogP contribution in [0.1, 0.15) is 38.3 Å². The summed E-state index contributed by atoms with van der Waals surface area (Å²) in [5.74, 6) is 0. The Morgan fingerprint density at radius 2 is 2.10 bits per heavy atom. The molecule has 0 saturated heterocycles. The van der Waals surface area contributed by atoms with Gasteiger partial charge in [-0.3, -0.25) is 0 Å². The molecule has 0 aliphatic heterocycles. The van der Waals surface area contributed by atoms with Crippen molar-refractivity contribution in [2.24, 2.45) is 5.41 Å². The Labute approximate surface area is 167 Å². The maximum absolute atomic E-state index is 13.5. The lowest BCUT2D eigenvalue weighted by Gasteiger charge is -2.40. The van der Waals surface area contributed by atoms with Crippen molar-refractivity contribution in [2.45, 2.75) is 39.4 Å². The normalized spacial score (nSPS) is 18.8. The molecular formula is C21H23F3N4O. The van der Waals surface area contributed by atoms with Crippen molar-refractivity contribution in [1.82, 2.24) is 9.55 Å². The molecule has 1 aromatic carbocycles. The Kier molecular flexibility index (Phi) is 5.46. The molecule has 0 spiro atoms. The van der Waals surface area contributed by atoms with E-state index in [1.165, 1.54) is 6.07 Å². The number of halogens is 3. The van der Waals surface area contributed by atoms with Gasteiger partial charge in [-0.2, -0.15) is 18.4 Å². The van der Waals surface area contributed by atoms with Crippen LogP contribution in [0, 0.1) is 16.7 Å². The molecule has 0 fully saturated rings. The second-order valence-electron chi connectivity index (χ2n) is 7.65. The summed E-state index contributed by atoms with van der Waals surface area (Å²) < 4.78 is 42.2. The van der Waals surface area contributed by atoms with E-state index in [9.17, 15) is 18.3 Å². The number of anilines is 1. The van der Waals surface area contributed by atoms with Gasteiger partial charge < -0.3 is 14.6 Å². The zero-order chi connectivity index (χ0) is 21.4. The Morgan fingerprint density at radius 1 is 1.38 bits per heavy atom. The summed E-state index contributed by atoms with van der Waals surface area (Å²) in [6.07, 6.45) is 1.03. The van der Waals surface area contributed by atoms with Crippen molar-refractivity contribution >= 4 is 11.4 Å². The minimum atomic E-state index is -4.61. The topological polar surface area (TPSA) is 65.1 Å². The molecule has 8 heteroatoms. The highest BCUT2D eigenvalue weighted by Gasteiger charge is 2.45. The molecule has 1 aliphatic rings. The van der Waals surface area contributed by atoms with Gasteiger partial charge in [0.05, 0.1) is 30.1 Å². The molecule has 0 amide bonds. The molecule has 1 heterocycles. The number of aliphatic hydroxyl groups excluding tert-OH is 1. The Morgan fingerprint density at radius 3 is 2.62 bits per heavy atom. The first kappa shape index (κ1) is 20.9. The van der Waals surface area contributed by atoms with E-state index in [0.29, 0.717) is 18.7 Å². The van der Waals surface area contributed by atoms with E-state index in [1.807, 2.05) is 30.2 Å². The Hall–Kier alpha value is -2.79. The first-order chi connectivity index (χ1) is 13.6. The van der Waals surface area contributed by atoms with Crippen LogP contribution in [-0.4, -0.2) is 33.9 Å². The standard InChI is InChI=1S/C21H23F3N4O/c1-4-28(16-6-5-14(11-25)17(10-16)21(22,23)24)18-9-15(12-29)19(20(18,2)3)27-8-7-26-13-27/h5-8,10,13,18,29H,4,9,12H2,1-3H3. The summed E-state index contributed by atoms with van der Waals surface area (Å²) in [5, 5.41) is 19.0. The molecule has 1 aromatic heterocycles. The average molecular weight is 404 g/mol. The van der Waals surface area contributed by atoms with Crippen molar-refractivity contribution in [2.75, 3.05) is 18.1 Å². The number of alkyl halides is 3. The van der Waals surface area contributed by atoms with Gasteiger partial charge in [0.2, 0.25) is 0 Å². The average Bonchev–Trinajstić information content (AvgIpc) is 3.27. The van der Waals surface area contributed by atoms with Gasteiger partial charge in [-0.05, 0) is 37.1 Å². The third kappa shape index (κ3) is 3.62. The fraction of sp³-hybridized carbons (Fsp3) is 0.429. The minimum Gasteiger partial charge on any atom is -0.392 e. The third-order valence-corrected chi connectivity index (χ3v) is 5.65. The number of hydrogen-bond acceptors (Lipinski definition) is 4. The van der Waals surface area contributed by atoms with E-state index < -0.39 is 22.7 Å². The summed E-state index contributed by atoms with van der Waals surface area (Å²) in [6.45, 7) is 6.27. The number of hydrogen-bond donors (Lipinski definition) is 1. The van der Waals surface area contributed by atoms with Crippen LogP contribution in [-0.2, 0) is 6.18 Å². The van der Waals surface area contributed by atoms with E-state index >= 15 is 0 Å². The van der Waals surface area contributed by atoms with Crippen LogP contribution in [0.2, 0.25) is 0 Å². The van der Waals surface area contributed by atoms with E-state index in [2.05, 4.69) is 4.98 Å². The molecule has 1 N–H and O–H groups in total. The van der Waals surface area contributed by atoms with Crippen LogP contribution in [0.4, 0.5) is 18.9 Å². The number of imidazole rings is 1. The third-order valence-electron chi connectivity index (χ3n) is 5.65. The summed E-state index contributed by atoms with van der Waals surface area (Å²) in [5.41, 5.74) is 0.363. The van der Waals surface area contributed by atoms with Crippen molar-refractivity contribution in [3.8, 4) is 6.07 Å². The van der Waals surface area contributed by atoms with E-state index in [0.717, 1.165) is 17.3 Å². The van der Waals surface area contributed by atoms with Gasteiger partial charge in [0, 0.05) is 41.8 Å². The highest BCUT2D eigenvalue weighted by Crippen LogP contribution is 2.49. The van der Waals surface area contributed by atoms with Gasteiger partial charge in [-0.15, -0.1) is 0 Å². The molecule has 29 heavy (non-hydrogen) atoms. The van der Waals surface area contributed by atoms with Crippen molar-refractivity contribution in [3.05, 3.63) is 53.6 Å². The fourth-order valence-electron chi connectivity index (χ4n) is 4.37. The van der Waals surface area contributed by atoms with Gasteiger partial charge in [0.25, 0.3) is 0 Å². The van der Waals surface area contributed by atoms with Crippen LogP contribution in [0.3, 0.4) is 0 Å². The van der Waals surface area contributed by atoms with Gasteiger partial charge in [0.15, 0.2) is 0 Å². The monoisotopic (exact) mass is 404 g/mol. The number of aromatic nitrogens is 2. The molecule has 1 aliphatic carbocycles. The van der Waals surface area contributed by atoms with Gasteiger partial charge >= 0.3 is 6.18 Å². The minimum absolute atomic E-state index is 0.133. The number of aliphatic hydroxyl groups is 1. The molecule has 5 nitrogen and oxygen atoms in total. The maximum Gasteiger partial charge on any atom is 0.417 e. The largest absolute Gasteiger partial charge is 0.417 e. The Bertz CT molecular complexity index is 955. The van der Waals surface area contributed by atoms with E-state index in [1.54, 1.807) is 30.9 Å². The van der Waals surface area contributed by atoms with Crippen molar-refractivity contribution in [1.29, 1.82) is 5.26 Å². The predicted molar refractivity (Wildman–Crippen MR) is 104 cm³/mol. The number of nitriles is 1. The Balaban J connectivity index is 2.05. The highest BCUT2D eigenvalue weighted by molar-refractivity contribution is 5.65. The zero-order valence-corrected chi connectivity index (χ0v) is 16.5. The highest BCUT2D eigenvalue weighted by atomic mass is 19.4. The van der Waals surface area contributed by atoms with Crippen LogP contribution >= 0.6 is 0 Å². The molecule has 0 saturated carbocycles. The molecule has 3 rings (SSSR count). The SMILES string of the molecule is CCN(c1ccc(C#N)c(C(F)(F)F)c1)C1CC(CO)=C(n2ccnc2)C1(C)C. The molecule has 0 bridgehead atoms. The summed E-state index contributed by atoms with van der Waals surface area (Å²) in [7, 11) is 0. The number of benzene rings is 1. The predicted octanol–water partition coefficient (Wildman–Crippen LogP) is 4.30. The lowest BCUT2D eigenvalue weighted by Crippen LogP contribution is -2.44. The van der Waals surface area contributed by atoms with Crippen LogP contribution < -0.4 is 4.90 Å².